The molecule has 0 saturated heterocycles. The predicted octanol–water partition coefficient (Wildman–Crippen LogP) is 2.28. The van der Waals surface area contributed by atoms with E-state index in [1.54, 1.807) is 19.0 Å². The molecular formula is C8H14F3N. The van der Waals surface area contributed by atoms with Gasteiger partial charge in [0.2, 0.25) is 0 Å². The molecule has 1 fully saturated rings. The van der Waals surface area contributed by atoms with Gasteiger partial charge in [0.05, 0.1) is 5.41 Å². The van der Waals surface area contributed by atoms with Crippen LogP contribution in [0.25, 0.3) is 0 Å². The molecule has 0 heterocycles. The first-order valence-electron chi connectivity index (χ1n) is 4.09. The van der Waals surface area contributed by atoms with E-state index in [0.29, 0.717) is 19.4 Å². The zero-order valence-corrected chi connectivity index (χ0v) is 7.41. The number of rotatable bonds is 3. The highest BCUT2D eigenvalue weighted by Gasteiger charge is 2.62. The lowest BCUT2D eigenvalue weighted by molar-refractivity contribution is -0.189. The van der Waals surface area contributed by atoms with Gasteiger partial charge in [0.1, 0.15) is 0 Å². The van der Waals surface area contributed by atoms with Crippen molar-refractivity contribution >= 4 is 0 Å². The van der Waals surface area contributed by atoms with Crippen LogP contribution in [0.5, 0.6) is 0 Å². The summed E-state index contributed by atoms with van der Waals surface area (Å²) in [7, 11) is 3.60. The Morgan fingerprint density at radius 1 is 1.25 bits per heavy atom. The van der Waals surface area contributed by atoms with Crippen LogP contribution in [-0.4, -0.2) is 31.7 Å². The Balaban J connectivity index is 2.40. The minimum atomic E-state index is -3.98. The van der Waals surface area contributed by atoms with E-state index in [4.69, 9.17) is 0 Å². The molecule has 0 atom stereocenters. The zero-order chi connectivity index (χ0) is 9.41. The van der Waals surface area contributed by atoms with Crippen LogP contribution in [0.2, 0.25) is 0 Å². The first-order chi connectivity index (χ1) is 5.37. The van der Waals surface area contributed by atoms with E-state index in [1.807, 2.05) is 0 Å². The van der Waals surface area contributed by atoms with Gasteiger partial charge in [-0.2, -0.15) is 13.2 Å². The maximum atomic E-state index is 12.3. The molecule has 0 N–H and O–H groups in total. The maximum Gasteiger partial charge on any atom is 0.394 e. The van der Waals surface area contributed by atoms with Gasteiger partial charge in [0.25, 0.3) is 0 Å². The number of halogens is 3. The maximum absolute atomic E-state index is 12.3. The van der Waals surface area contributed by atoms with Gasteiger partial charge in [-0.05, 0) is 39.9 Å². The van der Waals surface area contributed by atoms with E-state index in [1.165, 1.54) is 0 Å². The lowest BCUT2D eigenvalue weighted by atomic mass is 10.0. The van der Waals surface area contributed by atoms with Crippen LogP contribution in [0.4, 0.5) is 13.2 Å². The third-order valence-corrected chi connectivity index (χ3v) is 2.49. The van der Waals surface area contributed by atoms with Crippen LogP contribution in [0.15, 0.2) is 0 Å². The number of alkyl halides is 3. The molecule has 0 amide bonds. The molecule has 0 aromatic rings. The van der Waals surface area contributed by atoms with Gasteiger partial charge in [-0.1, -0.05) is 0 Å². The van der Waals surface area contributed by atoms with E-state index in [2.05, 4.69) is 0 Å². The quantitative estimate of drug-likeness (QED) is 0.645. The fourth-order valence-corrected chi connectivity index (χ4v) is 1.26. The van der Waals surface area contributed by atoms with Crippen molar-refractivity contribution in [1.29, 1.82) is 0 Å². The molecule has 1 rings (SSSR count). The van der Waals surface area contributed by atoms with E-state index in [-0.39, 0.29) is 6.42 Å². The Labute approximate surface area is 70.5 Å². The smallest absolute Gasteiger partial charge is 0.309 e. The van der Waals surface area contributed by atoms with E-state index in [0.717, 1.165) is 0 Å². The van der Waals surface area contributed by atoms with Crippen LogP contribution < -0.4 is 0 Å². The fraction of sp³-hybridized carbons (Fsp3) is 1.00. The monoisotopic (exact) mass is 181 g/mol. The molecule has 1 nitrogen and oxygen atoms in total. The normalized spacial score (nSPS) is 21.5. The van der Waals surface area contributed by atoms with Crippen LogP contribution in [-0.2, 0) is 0 Å². The van der Waals surface area contributed by atoms with E-state index in [9.17, 15) is 13.2 Å². The molecule has 12 heavy (non-hydrogen) atoms. The van der Waals surface area contributed by atoms with E-state index >= 15 is 0 Å². The second kappa shape index (κ2) is 2.91. The molecule has 0 bridgehead atoms. The second-order valence-electron chi connectivity index (χ2n) is 3.83. The lowest BCUT2D eigenvalue weighted by Crippen LogP contribution is -2.28. The molecule has 0 aliphatic heterocycles. The standard InChI is InChI=1S/C8H14F3N/c1-12(2)6-5-7(3-4-7)8(9,10)11/h3-6H2,1-2H3. The average molecular weight is 181 g/mol. The van der Waals surface area contributed by atoms with Crippen LogP contribution in [0, 0.1) is 5.41 Å². The minimum absolute atomic E-state index is 0.253. The molecule has 0 spiro atoms. The third kappa shape index (κ3) is 1.91. The largest absolute Gasteiger partial charge is 0.394 e. The van der Waals surface area contributed by atoms with Crippen molar-refractivity contribution in [2.75, 3.05) is 20.6 Å². The molecule has 0 radical (unpaired) electrons. The molecular weight excluding hydrogens is 167 g/mol. The molecule has 1 aliphatic rings. The van der Waals surface area contributed by atoms with Gasteiger partial charge in [0.15, 0.2) is 0 Å². The van der Waals surface area contributed by atoms with E-state index < -0.39 is 11.6 Å². The van der Waals surface area contributed by atoms with Crippen molar-refractivity contribution in [2.45, 2.75) is 25.4 Å². The number of hydrogen-bond donors (Lipinski definition) is 0. The van der Waals surface area contributed by atoms with Gasteiger partial charge >= 0.3 is 6.18 Å². The van der Waals surface area contributed by atoms with Crippen LogP contribution in [0.1, 0.15) is 19.3 Å². The van der Waals surface area contributed by atoms with Gasteiger partial charge in [-0.3, -0.25) is 0 Å². The van der Waals surface area contributed by atoms with Crippen LogP contribution >= 0.6 is 0 Å². The van der Waals surface area contributed by atoms with Crippen molar-refractivity contribution in [3.05, 3.63) is 0 Å². The summed E-state index contributed by atoms with van der Waals surface area (Å²) in [4.78, 5) is 1.80. The highest BCUT2D eigenvalue weighted by molar-refractivity contribution is 4.99. The van der Waals surface area contributed by atoms with Crippen molar-refractivity contribution in [2.24, 2.45) is 5.41 Å². The zero-order valence-electron chi connectivity index (χ0n) is 7.41. The number of nitrogens with zero attached hydrogens (tertiary/aromatic N) is 1. The summed E-state index contributed by atoms with van der Waals surface area (Å²) in [6.45, 7) is 0.527. The lowest BCUT2D eigenvalue weighted by Gasteiger charge is -2.20. The Bertz CT molecular complexity index is 158. The summed E-state index contributed by atoms with van der Waals surface area (Å²) in [6, 6.07) is 0. The highest BCUT2D eigenvalue weighted by atomic mass is 19.4. The van der Waals surface area contributed by atoms with Gasteiger partial charge in [-0.25, -0.2) is 0 Å². The molecule has 4 heteroatoms. The summed E-state index contributed by atoms with van der Waals surface area (Å²) in [5, 5.41) is 0. The molecule has 72 valence electrons. The SMILES string of the molecule is CN(C)CCC1(C(F)(F)F)CC1. The van der Waals surface area contributed by atoms with Crippen molar-refractivity contribution in [3.63, 3.8) is 0 Å². The summed E-state index contributed by atoms with van der Waals surface area (Å²) < 4.78 is 37.0. The van der Waals surface area contributed by atoms with Crippen molar-refractivity contribution in [1.82, 2.24) is 4.90 Å². The molecule has 1 aliphatic carbocycles. The third-order valence-electron chi connectivity index (χ3n) is 2.49. The van der Waals surface area contributed by atoms with Gasteiger partial charge < -0.3 is 4.90 Å². The Kier molecular flexibility index (Phi) is 2.38. The second-order valence-corrected chi connectivity index (χ2v) is 3.83. The first-order valence-corrected chi connectivity index (χ1v) is 4.09. The summed E-state index contributed by atoms with van der Waals surface area (Å²) in [6.07, 6.45) is -3.08. The predicted molar refractivity (Wildman–Crippen MR) is 40.9 cm³/mol. The minimum Gasteiger partial charge on any atom is -0.309 e. The first kappa shape index (κ1) is 9.84. The van der Waals surface area contributed by atoms with Gasteiger partial charge in [0, 0.05) is 0 Å². The highest BCUT2D eigenvalue weighted by Crippen LogP contribution is 2.59. The summed E-state index contributed by atoms with van der Waals surface area (Å²) in [5.74, 6) is 0. The Morgan fingerprint density at radius 3 is 2.00 bits per heavy atom. The molecule has 1 saturated carbocycles. The molecule has 0 aromatic carbocycles. The average Bonchev–Trinajstić information content (AvgIpc) is 2.60. The van der Waals surface area contributed by atoms with Crippen molar-refractivity contribution < 1.29 is 13.2 Å². The molecule has 0 unspecified atom stereocenters. The Hall–Kier alpha value is -0.250. The molecule has 0 aromatic heterocycles. The fourth-order valence-electron chi connectivity index (χ4n) is 1.26. The van der Waals surface area contributed by atoms with Gasteiger partial charge in [-0.15, -0.1) is 0 Å². The summed E-state index contributed by atoms with van der Waals surface area (Å²) in [5.41, 5.74) is -1.32. The van der Waals surface area contributed by atoms with Crippen LogP contribution in [0.3, 0.4) is 0 Å². The van der Waals surface area contributed by atoms with Crippen molar-refractivity contribution in [3.8, 4) is 0 Å². The number of hydrogen-bond acceptors (Lipinski definition) is 1. The summed E-state index contributed by atoms with van der Waals surface area (Å²) >= 11 is 0. The Morgan fingerprint density at radius 2 is 1.75 bits per heavy atom. The topological polar surface area (TPSA) is 3.24 Å².